The van der Waals surface area contributed by atoms with Crippen LogP contribution in [0.2, 0.25) is 0 Å². The molecule has 1 aromatic rings. The first-order valence-corrected chi connectivity index (χ1v) is 6.09. The summed E-state index contributed by atoms with van der Waals surface area (Å²) >= 11 is 0. The summed E-state index contributed by atoms with van der Waals surface area (Å²) in [6, 6.07) is 5.44. The summed E-state index contributed by atoms with van der Waals surface area (Å²) in [6.45, 7) is 6.91. The normalized spacial score (nSPS) is 10.5. The molecule has 0 aliphatic heterocycles. The Bertz CT molecular complexity index is 402. The van der Waals surface area contributed by atoms with Gasteiger partial charge in [0.2, 0.25) is 0 Å². The van der Waals surface area contributed by atoms with Gasteiger partial charge in [0.25, 0.3) is 5.91 Å². The molecule has 4 heteroatoms. The second-order valence-corrected chi connectivity index (χ2v) is 4.40. The Kier molecular flexibility index (Phi) is 5.65. The third kappa shape index (κ3) is 4.37. The molecule has 1 N–H and O–H groups in total. The number of nitrogens with one attached hydrogen (secondary N) is 1. The molecule has 0 saturated carbocycles. The van der Waals surface area contributed by atoms with Gasteiger partial charge in [0.1, 0.15) is 5.75 Å². The summed E-state index contributed by atoms with van der Waals surface area (Å²) in [5, 5.41) is 2.78. The van der Waals surface area contributed by atoms with Crippen molar-refractivity contribution in [1.82, 2.24) is 5.32 Å². The van der Waals surface area contributed by atoms with Crippen LogP contribution in [0.1, 0.15) is 29.8 Å². The zero-order valence-corrected chi connectivity index (χ0v) is 11.4. The summed E-state index contributed by atoms with van der Waals surface area (Å²) in [4.78, 5) is 11.8. The van der Waals surface area contributed by atoms with E-state index in [9.17, 15) is 4.79 Å². The fourth-order valence-corrected chi connectivity index (χ4v) is 1.55. The van der Waals surface area contributed by atoms with Crippen molar-refractivity contribution in [2.24, 2.45) is 0 Å². The number of hydrogen-bond donors (Lipinski definition) is 1. The lowest BCUT2D eigenvalue weighted by Gasteiger charge is -2.13. The average molecular weight is 251 g/mol. The zero-order chi connectivity index (χ0) is 13.5. The molecule has 0 aromatic heterocycles. The first kappa shape index (κ1) is 14.5. The molecule has 1 amide bonds. The van der Waals surface area contributed by atoms with Crippen molar-refractivity contribution < 1.29 is 14.3 Å². The van der Waals surface area contributed by atoms with Crippen LogP contribution in [-0.4, -0.2) is 32.3 Å². The fourth-order valence-electron chi connectivity index (χ4n) is 1.55. The highest BCUT2D eigenvalue weighted by atomic mass is 16.5. The van der Waals surface area contributed by atoms with E-state index in [0.29, 0.717) is 18.7 Å². The maximum atomic E-state index is 11.8. The van der Waals surface area contributed by atoms with E-state index >= 15 is 0 Å². The van der Waals surface area contributed by atoms with Gasteiger partial charge in [0.05, 0.1) is 12.7 Å². The Labute approximate surface area is 108 Å². The molecule has 0 spiro atoms. The van der Waals surface area contributed by atoms with E-state index in [1.807, 2.05) is 32.9 Å². The number of benzene rings is 1. The molecule has 0 heterocycles. The molecule has 0 unspecified atom stereocenters. The lowest BCUT2D eigenvalue weighted by molar-refractivity contribution is 0.0937. The smallest absolute Gasteiger partial charge is 0.251 e. The van der Waals surface area contributed by atoms with Crippen LogP contribution >= 0.6 is 0 Å². The van der Waals surface area contributed by atoms with Crippen molar-refractivity contribution in [3.8, 4) is 5.75 Å². The number of hydrogen-bond acceptors (Lipinski definition) is 3. The highest BCUT2D eigenvalue weighted by Gasteiger charge is 2.08. The van der Waals surface area contributed by atoms with Gasteiger partial charge in [-0.15, -0.1) is 0 Å². The number of carbonyl (C=O) groups is 1. The minimum Gasteiger partial charge on any atom is -0.491 e. The predicted octanol–water partition coefficient (Wildman–Crippen LogP) is 2.16. The highest BCUT2D eigenvalue weighted by molar-refractivity contribution is 5.94. The van der Waals surface area contributed by atoms with Gasteiger partial charge >= 0.3 is 0 Å². The molecule has 1 aromatic carbocycles. The van der Waals surface area contributed by atoms with Gasteiger partial charge in [-0.2, -0.15) is 0 Å². The summed E-state index contributed by atoms with van der Waals surface area (Å²) < 4.78 is 10.5. The fraction of sp³-hybridized carbons (Fsp3) is 0.500. The standard InChI is InChI=1S/C14H21NO3/c1-10(2)18-13-6-5-12(9-11(13)3)14(16)15-7-8-17-4/h5-6,9-10H,7-8H2,1-4H3,(H,15,16). The lowest BCUT2D eigenvalue weighted by atomic mass is 10.1. The highest BCUT2D eigenvalue weighted by Crippen LogP contribution is 2.20. The van der Waals surface area contributed by atoms with Gasteiger partial charge in [0, 0.05) is 19.2 Å². The molecule has 1 rings (SSSR count). The molecule has 18 heavy (non-hydrogen) atoms. The summed E-state index contributed by atoms with van der Waals surface area (Å²) in [5.41, 5.74) is 1.60. The first-order valence-electron chi connectivity index (χ1n) is 6.09. The van der Waals surface area contributed by atoms with Gasteiger partial charge in [-0.1, -0.05) is 0 Å². The minimum atomic E-state index is -0.0914. The van der Waals surface area contributed by atoms with Gasteiger partial charge in [-0.05, 0) is 44.5 Å². The summed E-state index contributed by atoms with van der Waals surface area (Å²) in [6.07, 6.45) is 0.130. The molecule has 0 aliphatic carbocycles. The molecule has 0 atom stereocenters. The van der Waals surface area contributed by atoms with Gasteiger partial charge < -0.3 is 14.8 Å². The second-order valence-electron chi connectivity index (χ2n) is 4.40. The predicted molar refractivity (Wildman–Crippen MR) is 71.2 cm³/mol. The van der Waals surface area contributed by atoms with E-state index < -0.39 is 0 Å². The quantitative estimate of drug-likeness (QED) is 0.788. The van der Waals surface area contributed by atoms with Crippen LogP contribution in [0.5, 0.6) is 5.75 Å². The Morgan fingerprint density at radius 2 is 2.11 bits per heavy atom. The van der Waals surface area contributed by atoms with E-state index in [-0.39, 0.29) is 12.0 Å². The van der Waals surface area contributed by atoms with Crippen LogP contribution in [0, 0.1) is 6.92 Å². The Morgan fingerprint density at radius 1 is 1.39 bits per heavy atom. The molecule has 0 fully saturated rings. The third-order valence-electron chi connectivity index (χ3n) is 2.39. The molecule has 0 saturated heterocycles. The van der Waals surface area contributed by atoms with Crippen molar-refractivity contribution in [2.45, 2.75) is 26.9 Å². The number of aryl methyl sites for hydroxylation is 1. The largest absolute Gasteiger partial charge is 0.491 e. The third-order valence-corrected chi connectivity index (χ3v) is 2.39. The SMILES string of the molecule is COCCNC(=O)c1ccc(OC(C)C)c(C)c1. The van der Waals surface area contributed by atoms with Gasteiger partial charge in [0.15, 0.2) is 0 Å². The van der Waals surface area contributed by atoms with E-state index in [4.69, 9.17) is 9.47 Å². The van der Waals surface area contributed by atoms with Crippen LogP contribution in [-0.2, 0) is 4.74 Å². The van der Waals surface area contributed by atoms with E-state index in [0.717, 1.165) is 11.3 Å². The zero-order valence-electron chi connectivity index (χ0n) is 11.4. The number of carbonyl (C=O) groups excluding carboxylic acids is 1. The molecule has 0 aliphatic rings. The second kappa shape index (κ2) is 7.01. The van der Waals surface area contributed by atoms with Crippen LogP contribution in [0.15, 0.2) is 18.2 Å². The lowest BCUT2D eigenvalue weighted by Crippen LogP contribution is -2.27. The van der Waals surface area contributed by atoms with Crippen LogP contribution in [0.3, 0.4) is 0 Å². The number of rotatable bonds is 6. The molecular formula is C14H21NO3. The van der Waals surface area contributed by atoms with Crippen LogP contribution in [0.25, 0.3) is 0 Å². The van der Waals surface area contributed by atoms with Crippen molar-refractivity contribution in [1.29, 1.82) is 0 Å². The summed E-state index contributed by atoms with van der Waals surface area (Å²) in [5.74, 6) is 0.727. The minimum absolute atomic E-state index is 0.0914. The summed E-state index contributed by atoms with van der Waals surface area (Å²) in [7, 11) is 1.61. The Hall–Kier alpha value is -1.55. The van der Waals surface area contributed by atoms with Crippen LogP contribution in [0.4, 0.5) is 0 Å². The van der Waals surface area contributed by atoms with Crippen molar-refractivity contribution in [3.63, 3.8) is 0 Å². The van der Waals surface area contributed by atoms with Crippen LogP contribution < -0.4 is 10.1 Å². The number of ether oxygens (including phenoxy) is 2. The molecular weight excluding hydrogens is 230 g/mol. The average Bonchev–Trinajstić information content (AvgIpc) is 2.31. The van der Waals surface area contributed by atoms with Crippen molar-refractivity contribution >= 4 is 5.91 Å². The van der Waals surface area contributed by atoms with Crippen molar-refractivity contribution in [3.05, 3.63) is 29.3 Å². The van der Waals surface area contributed by atoms with E-state index in [1.165, 1.54) is 0 Å². The van der Waals surface area contributed by atoms with Gasteiger partial charge in [-0.3, -0.25) is 4.79 Å². The molecule has 100 valence electrons. The maximum Gasteiger partial charge on any atom is 0.251 e. The van der Waals surface area contributed by atoms with Gasteiger partial charge in [-0.25, -0.2) is 0 Å². The molecule has 0 radical (unpaired) electrons. The molecule has 0 bridgehead atoms. The number of amides is 1. The monoisotopic (exact) mass is 251 g/mol. The van der Waals surface area contributed by atoms with E-state index in [2.05, 4.69) is 5.32 Å². The van der Waals surface area contributed by atoms with Crippen molar-refractivity contribution in [2.75, 3.05) is 20.3 Å². The Morgan fingerprint density at radius 3 is 2.67 bits per heavy atom. The molecule has 4 nitrogen and oxygen atoms in total. The topological polar surface area (TPSA) is 47.6 Å². The first-order chi connectivity index (χ1) is 8.54. The number of methoxy groups -OCH3 is 1. The Balaban J connectivity index is 2.68. The van der Waals surface area contributed by atoms with E-state index in [1.54, 1.807) is 13.2 Å². The maximum absolute atomic E-state index is 11.8.